The second-order valence-corrected chi connectivity index (χ2v) is 11.8. The first-order valence-electron chi connectivity index (χ1n) is 12.5. The number of sulfonamides is 1. The number of nitrogens with one attached hydrogen (secondary N) is 2. The van der Waals surface area contributed by atoms with Crippen LogP contribution < -0.4 is 20.5 Å². The number of ether oxygens (including phenoxy) is 1. The van der Waals surface area contributed by atoms with E-state index in [1.54, 1.807) is 13.0 Å². The van der Waals surface area contributed by atoms with Crippen LogP contribution in [0.25, 0.3) is 5.69 Å². The summed E-state index contributed by atoms with van der Waals surface area (Å²) in [7, 11) is -3.88. The van der Waals surface area contributed by atoms with E-state index in [1.165, 1.54) is 24.3 Å². The Balaban J connectivity index is 1.52. The number of hydrogen-bond donors (Lipinski definition) is 3. The Morgan fingerprint density at radius 3 is 2.68 bits per heavy atom. The number of halogens is 4. The number of nitrogens with two attached hydrogens (primary N) is 1. The SMILES string of the molecule is Cc1ccc(-n2nc3c(c2C(=O)NCCS(N)(=O)=O)C(=O)N[C@@]2(CCc4cc(OCC(F)(F)F)ccc42)C3)cc1F. The number of nitrogens with zero attached hydrogens (tertiary/aromatic N) is 2. The molecule has 1 spiro atoms. The Morgan fingerprint density at radius 1 is 1.24 bits per heavy atom. The van der Waals surface area contributed by atoms with Crippen molar-refractivity contribution >= 4 is 21.8 Å². The molecule has 1 atom stereocenters. The topological polar surface area (TPSA) is 145 Å². The molecule has 41 heavy (non-hydrogen) atoms. The highest BCUT2D eigenvalue weighted by molar-refractivity contribution is 7.89. The minimum atomic E-state index is -4.49. The maximum atomic E-state index is 14.5. The average molecular weight is 596 g/mol. The van der Waals surface area contributed by atoms with Gasteiger partial charge in [0.2, 0.25) is 10.0 Å². The van der Waals surface area contributed by atoms with Gasteiger partial charge in [-0.3, -0.25) is 9.59 Å². The highest BCUT2D eigenvalue weighted by Crippen LogP contribution is 2.44. The Kier molecular flexibility index (Phi) is 7.06. The Morgan fingerprint density at radius 2 is 2.00 bits per heavy atom. The highest BCUT2D eigenvalue weighted by Gasteiger charge is 2.47. The van der Waals surface area contributed by atoms with Gasteiger partial charge in [-0.1, -0.05) is 12.1 Å². The van der Waals surface area contributed by atoms with E-state index in [1.807, 2.05) is 0 Å². The van der Waals surface area contributed by atoms with E-state index in [9.17, 15) is 35.6 Å². The summed E-state index contributed by atoms with van der Waals surface area (Å²) in [6.07, 6.45) is -3.49. The minimum Gasteiger partial charge on any atom is -0.484 e. The predicted molar refractivity (Wildman–Crippen MR) is 138 cm³/mol. The predicted octanol–water partition coefficient (Wildman–Crippen LogP) is 2.41. The average Bonchev–Trinajstić information content (AvgIpc) is 3.42. The molecule has 10 nitrogen and oxygen atoms in total. The second kappa shape index (κ2) is 10.1. The summed E-state index contributed by atoms with van der Waals surface area (Å²) in [5.41, 5.74) is 0.947. The van der Waals surface area contributed by atoms with Crippen LogP contribution in [0.2, 0.25) is 0 Å². The molecule has 15 heteroatoms. The number of amides is 2. The van der Waals surface area contributed by atoms with Gasteiger partial charge in [-0.25, -0.2) is 22.6 Å². The van der Waals surface area contributed by atoms with Crippen LogP contribution in [0.4, 0.5) is 17.6 Å². The second-order valence-electron chi connectivity index (χ2n) is 10.1. The first-order chi connectivity index (χ1) is 19.2. The molecular formula is C26H25F4N5O5S. The van der Waals surface area contributed by atoms with Crippen molar-refractivity contribution in [3.8, 4) is 11.4 Å². The summed E-state index contributed by atoms with van der Waals surface area (Å²) in [6.45, 7) is -0.212. The van der Waals surface area contributed by atoms with E-state index in [0.29, 0.717) is 29.5 Å². The highest BCUT2D eigenvalue weighted by atomic mass is 32.2. The van der Waals surface area contributed by atoms with Gasteiger partial charge in [0.15, 0.2) is 6.61 Å². The minimum absolute atomic E-state index is 0.0464. The van der Waals surface area contributed by atoms with Crippen molar-refractivity contribution in [1.82, 2.24) is 20.4 Å². The number of carbonyl (C=O) groups excluding carboxylic acids is 2. The number of aromatic nitrogens is 2. The number of fused-ring (bicyclic) bond motifs is 3. The number of rotatable bonds is 7. The molecule has 0 saturated carbocycles. The van der Waals surface area contributed by atoms with Crippen LogP contribution in [0.1, 0.15) is 49.7 Å². The van der Waals surface area contributed by atoms with Gasteiger partial charge in [-0.15, -0.1) is 0 Å². The summed E-state index contributed by atoms with van der Waals surface area (Å²) in [5.74, 6) is -2.51. The lowest BCUT2D eigenvalue weighted by Gasteiger charge is -2.35. The third-order valence-corrected chi connectivity index (χ3v) is 7.88. The van der Waals surface area contributed by atoms with E-state index in [2.05, 4.69) is 15.7 Å². The standard InChI is InChI=1S/C26H25F4N5O5S/c1-14-2-3-16(11-19(14)27)35-22(24(37)32-8-9-41(31,38)39)21-20(34-35)12-25(33-23(21)36)7-6-15-10-17(4-5-18(15)25)40-13-26(28,29)30/h2-5,10-11H,6-9,12-13H2,1H3,(H,32,37)(H,33,36)(H2,31,38,39)/t25-/m0/s1. The van der Waals surface area contributed by atoms with Crippen LogP contribution in [0, 0.1) is 12.7 Å². The number of primary sulfonamides is 1. The van der Waals surface area contributed by atoms with Crippen molar-refractivity contribution in [3.63, 3.8) is 0 Å². The fourth-order valence-electron chi connectivity index (χ4n) is 5.23. The van der Waals surface area contributed by atoms with Crippen LogP contribution in [0.15, 0.2) is 36.4 Å². The van der Waals surface area contributed by atoms with Crippen molar-refractivity contribution in [2.24, 2.45) is 5.14 Å². The molecule has 0 radical (unpaired) electrons. The van der Waals surface area contributed by atoms with Gasteiger partial charge in [0.25, 0.3) is 11.8 Å². The molecule has 0 unspecified atom stereocenters. The Hall–Kier alpha value is -3.98. The van der Waals surface area contributed by atoms with Gasteiger partial charge in [0.1, 0.15) is 17.3 Å². The lowest BCUT2D eigenvalue weighted by atomic mass is 9.82. The van der Waals surface area contributed by atoms with Gasteiger partial charge in [-0.2, -0.15) is 18.3 Å². The summed E-state index contributed by atoms with van der Waals surface area (Å²) in [4.78, 5) is 26.8. The lowest BCUT2D eigenvalue weighted by molar-refractivity contribution is -0.153. The normalized spacial score (nSPS) is 18.1. The van der Waals surface area contributed by atoms with Crippen LogP contribution in [0.5, 0.6) is 5.75 Å². The third-order valence-electron chi connectivity index (χ3n) is 7.11. The number of hydrogen-bond acceptors (Lipinski definition) is 6. The van der Waals surface area contributed by atoms with E-state index in [0.717, 1.165) is 10.7 Å². The molecule has 2 aromatic carbocycles. The fourth-order valence-corrected chi connectivity index (χ4v) is 5.62. The lowest BCUT2D eigenvalue weighted by Crippen LogP contribution is -2.50. The maximum Gasteiger partial charge on any atom is 0.422 e. The van der Waals surface area contributed by atoms with Crippen molar-refractivity contribution in [1.29, 1.82) is 0 Å². The zero-order chi connectivity index (χ0) is 29.7. The van der Waals surface area contributed by atoms with Crippen molar-refractivity contribution < 1.29 is 40.3 Å². The van der Waals surface area contributed by atoms with Crippen molar-refractivity contribution in [2.75, 3.05) is 18.9 Å². The first kappa shape index (κ1) is 28.5. The number of benzene rings is 2. The molecule has 1 aliphatic carbocycles. The van der Waals surface area contributed by atoms with Gasteiger partial charge in [0.05, 0.1) is 28.2 Å². The number of aryl methyl sites for hydroxylation is 2. The van der Waals surface area contributed by atoms with Crippen LogP contribution >= 0.6 is 0 Å². The Labute approximate surface area is 231 Å². The van der Waals surface area contributed by atoms with Crippen LogP contribution in [-0.4, -0.2) is 55.1 Å². The zero-order valence-electron chi connectivity index (χ0n) is 21.6. The fraction of sp³-hybridized carbons (Fsp3) is 0.346. The van der Waals surface area contributed by atoms with Gasteiger partial charge in [-0.05, 0) is 60.7 Å². The molecule has 1 aliphatic heterocycles. The molecule has 218 valence electrons. The quantitative estimate of drug-likeness (QED) is 0.358. The molecule has 0 fully saturated rings. The van der Waals surface area contributed by atoms with E-state index in [-0.39, 0.29) is 41.4 Å². The molecule has 2 aliphatic rings. The van der Waals surface area contributed by atoms with Crippen LogP contribution in [-0.2, 0) is 28.4 Å². The van der Waals surface area contributed by atoms with Crippen molar-refractivity contribution in [3.05, 3.63) is 75.9 Å². The molecule has 0 bridgehead atoms. The van der Waals surface area contributed by atoms with Crippen molar-refractivity contribution in [2.45, 2.75) is 37.9 Å². The number of carbonyl (C=O) groups is 2. The van der Waals surface area contributed by atoms with Gasteiger partial charge < -0.3 is 15.4 Å². The molecule has 5 rings (SSSR count). The van der Waals surface area contributed by atoms with E-state index in [4.69, 9.17) is 9.88 Å². The number of alkyl halides is 3. The maximum absolute atomic E-state index is 14.5. The smallest absolute Gasteiger partial charge is 0.422 e. The molecule has 1 aromatic heterocycles. The van der Waals surface area contributed by atoms with Gasteiger partial charge >= 0.3 is 6.18 Å². The van der Waals surface area contributed by atoms with E-state index < -0.39 is 51.7 Å². The Bertz CT molecular complexity index is 1670. The summed E-state index contributed by atoms with van der Waals surface area (Å²) < 4.78 is 80.9. The summed E-state index contributed by atoms with van der Waals surface area (Å²) in [5, 5.41) is 14.9. The summed E-state index contributed by atoms with van der Waals surface area (Å²) >= 11 is 0. The van der Waals surface area contributed by atoms with Crippen LogP contribution in [0.3, 0.4) is 0 Å². The molecular weight excluding hydrogens is 570 g/mol. The molecule has 4 N–H and O–H groups in total. The third kappa shape index (κ3) is 5.77. The molecule has 3 aromatic rings. The first-order valence-corrected chi connectivity index (χ1v) is 14.2. The largest absolute Gasteiger partial charge is 0.484 e. The zero-order valence-corrected chi connectivity index (χ0v) is 22.5. The molecule has 0 saturated heterocycles. The van der Waals surface area contributed by atoms with Gasteiger partial charge in [0, 0.05) is 13.0 Å². The molecule has 2 heterocycles. The summed E-state index contributed by atoms with van der Waals surface area (Å²) in [6, 6.07) is 8.69. The van der Waals surface area contributed by atoms with E-state index >= 15 is 0 Å². The monoisotopic (exact) mass is 595 g/mol. The molecule has 2 amide bonds.